The number of nitro benzene ring substituents is 1. The number of hydrogen-bond donors (Lipinski definition) is 1. The van der Waals surface area contributed by atoms with Gasteiger partial charge in [-0.25, -0.2) is 13.6 Å². The summed E-state index contributed by atoms with van der Waals surface area (Å²) in [5.41, 5.74) is 0.882. The van der Waals surface area contributed by atoms with Crippen molar-refractivity contribution in [3.8, 4) is 11.1 Å². The Morgan fingerprint density at radius 2 is 1.79 bits per heavy atom. The van der Waals surface area contributed by atoms with E-state index in [1.807, 2.05) is 12.1 Å². The average Bonchev–Trinajstić information content (AvgIpc) is 2.53. The van der Waals surface area contributed by atoms with Gasteiger partial charge < -0.3 is 0 Å². The lowest BCUT2D eigenvalue weighted by atomic mass is 9.99. The Morgan fingerprint density at radius 1 is 1.08 bits per heavy atom. The summed E-state index contributed by atoms with van der Waals surface area (Å²) in [5.74, 6) is 0. The van der Waals surface area contributed by atoms with Gasteiger partial charge in [0.25, 0.3) is 5.69 Å². The third kappa shape index (κ3) is 2.61. The van der Waals surface area contributed by atoms with Crippen molar-refractivity contribution >= 4 is 26.6 Å². The van der Waals surface area contributed by atoms with E-state index in [-0.39, 0.29) is 11.1 Å². The van der Waals surface area contributed by atoms with Crippen LogP contribution in [-0.2, 0) is 10.0 Å². The molecule has 0 atom stereocenters. The van der Waals surface area contributed by atoms with Crippen LogP contribution in [0.1, 0.15) is 5.56 Å². The number of primary sulfonamides is 1. The molecule has 3 aromatic rings. The summed E-state index contributed by atoms with van der Waals surface area (Å²) < 4.78 is 23.8. The Kier molecular flexibility index (Phi) is 3.78. The molecule has 0 amide bonds. The lowest BCUT2D eigenvalue weighted by Gasteiger charge is -2.11. The van der Waals surface area contributed by atoms with E-state index in [1.165, 1.54) is 19.1 Å². The predicted molar refractivity (Wildman–Crippen MR) is 89.9 cm³/mol. The average molecular weight is 343 g/mol. The molecule has 0 spiro atoms. The van der Waals surface area contributed by atoms with Gasteiger partial charge in [0.05, 0.1) is 16.0 Å². The van der Waals surface area contributed by atoms with Crippen LogP contribution in [0.4, 0.5) is 5.69 Å². The van der Waals surface area contributed by atoms with Crippen LogP contribution in [0.15, 0.2) is 53.6 Å². The molecule has 0 saturated heterocycles. The molecular weight excluding hydrogens is 330 g/mol. The number of hydrogen-bond acceptors (Lipinski definition) is 5. The van der Waals surface area contributed by atoms with Crippen LogP contribution in [0.2, 0.25) is 0 Å². The molecule has 0 fully saturated rings. The largest absolute Gasteiger partial charge is 0.297 e. The summed E-state index contributed by atoms with van der Waals surface area (Å²) >= 11 is 0. The molecule has 0 aliphatic heterocycles. The molecule has 0 aliphatic carbocycles. The molecule has 0 radical (unpaired) electrons. The van der Waals surface area contributed by atoms with Gasteiger partial charge in [0.15, 0.2) is 4.90 Å². The maximum absolute atomic E-state index is 11.9. The molecule has 2 aromatic carbocycles. The van der Waals surface area contributed by atoms with Gasteiger partial charge in [-0.05, 0) is 24.6 Å². The molecule has 1 heterocycles. The molecule has 0 unspecified atom stereocenters. The second kappa shape index (κ2) is 5.66. The van der Waals surface area contributed by atoms with Crippen molar-refractivity contribution < 1.29 is 13.3 Å². The van der Waals surface area contributed by atoms with Gasteiger partial charge in [-0.15, -0.1) is 0 Å². The van der Waals surface area contributed by atoms with E-state index >= 15 is 0 Å². The molecular formula is C16H13N3O4S. The van der Waals surface area contributed by atoms with Crippen molar-refractivity contribution in [2.24, 2.45) is 5.14 Å². The Balaban J connectivity index is 2.47. The number of pyridine rings is 1. The highest BCUT2D eigenvalue weighted by Crippen LogP contribution is 2.39. The van der Waals surface area contributed by atoms with E-state index in [2.05, 4.69) is 4.98 Å². The number of sulfonamides is 1. The van der Waals surface area contributed by atoms with Gasteiger partial charge in [0.1, 0.15) is 0 Å². The normalized spacial score (nSPS) is 11.6. The molecule has 2 N–H and O–H groups in total. The first kappa shape index (κ1) is 16.0. The van der Waals surface area contributed by atoms with Gasteiger partial charge in [0, 0.05) is 17.1 Å². The number of fused-ring (bicyclic) bond motifs is 1. The number of nitro groups is 1. The minimum atomic E-state index is -4.26. The molecule has 24 heavy (non-hydrogen) atoms. The standard InChI is InChI=1S/C16H13N3O4S/c1-10-7-8-13(15(19(20)21)16(10)24(17,22)23)12-6-2-4-11-5-3-9-18-14(11)12/h2-9H,1H3,(H2,17,22,23). The maximum atomic E-state index is 11.9. The minimum Gasteiger partial charge on any atom is -0.258 e. The molecule has 0 saturated carbocycles. The smallest absolute Gasteiger partial charge is 0.258 e. The predicted octanol–water partition coefficient (Wildman–Crippen LogP) is 2.77. The summed E-state index contributed by atoms with van der Waals surface area (Å²) in [4.78, 5) is 14.7. The van der Waals surface area contributed by atoms with Gasteiger partial charge in [-0.2, -0.15) is 0 Å². The topological polar surface area (TPSA) is 116 Å². The molecule has 7 nitrogen and oxygen atoms in total. The van der Waals surface area contributed by atoms with E-state index in [4.69, 9.17) is 5.14 Å². The van der Waals surface area contributed by atoms with Crippen molar-refractivity contribution in [3.63, 3.8) is 0 Å². The van der Waals surface area contributed by atoms with Crippen LogP contribution >= 0.6 is 0 Å². The van der Waals surface area contributed by atoms with Crippen molar-refractivity contribution in [1.82, 2.24) is 4.98 Å². The molecule has 0 aliphatic rings. The van der Waals surface area contributed by atoms with Crippen molar-refractivity contribution in [2.75, 3.05) is 0 Å². The van der Waals surface area contributed by atoms with Gasteiger partial charge >= 0.3 is 0 Å². The number of nitrogens with two attached hydrogens (primary N) is 1. The monoisotopic (exact) mass is 343 g/mol. The van der Waals surface area contributed by atoms with Crippen molar-refractivity contribution in [1.29, 1.82) is 0 Å². The lowest BCUT2D eigenvalue weighted by molar-refractivity contribution is -0.387. The van der Waals surface area contributed by atoms with E-state index < -0.39 is 25.5 Å². The zero-order valence-electron chi connectivity index (χ0n) is 12.6. The van der Waals surface area contributed by atoms with Crippen molar-refractivity contribution in [2.45, 2.75) is 11.8 Å². The summed E-state index contributed by atoms with van der Waals surface area (Å²) in [6.45, 7) is 1.47. The SMILES string of the molecule is Cc1ccc(-c2cccc3cccnc23)c([N+](=O)[O-])c1S(N)(=O)=O. The molecule has 8 heteroatoms. The summed E-state index contributed by atoms with van der Waals surface area (Å²) in [6.07, 6.45) is 1.58. The zero-order valence-corrected chi connectivity index (χ0v) is 13.4. The first-order valence-corrected chi connectivity index (χ1v) is 8.50. The van der Waals surface area contributed by atoms with Crippen LogP contribution in [0, 0.1) is 17.0 Å². The highest BCUT2D eigenvalue weighted by molar-refractivity contribution is 7.89. The lowest BCUT2D eigenvalue weighted by Crippen LogP contribution is -2.16. The van der Waals surface area contributed by atoms with E-state index in [1.54, 1.807) is 24.4 Å². The number of nitrogens with zero attached hydrogens (tertiary/aromatic N) is 2. The zero-order chi connectivity index (χ0) is 17.5. The summed E-state index contributed by atoms with van der Waals surface area (Å²) in [7, 11) is -4.26. The summed E-state index contributed by atoms with van der Waals surface area (Å²) in [5, 5.41) is 17.6. The highest BCUT2D eigenvalue weighted by Gasteiger charge is 2.30. The van der Waals surface area contributed by atoms with E-state index in [0.717, 1.165) is 5.39 Å². The number of rotatable bonds is 3. The van der Waals surface area contributed by atoms with Crippen molar-refractivity contribution in [3.05, 3.63) is 64.3 Å². The van der Waals surface area contributed by atoms with Crippen LogP contribution in [0.25, 0.3) is 22.0 Å². The fraction of sp³-hybridized carbons (Fsp3) is 0.0625. The third-order valence-electron chi connectivity index (χ3n) is 3.72. The quantitative estimate of drug-likeness (QED) is 0.580. The molecule has 3 rings (SSSR count). The Hall–Kier alpha value is -2.84. The van der Waals surface area contributed by atoms with Crippen LogP contribution in [0.3, 0.4) is 0 Å². The molecule has 0 bridgehead atoms. The summed E-state index contributed by atoms with van der Waals surface area (Å²) in [6, 6.07) is 11.8. The fourth-order valence-corrected chi connectivity index (χ4v) is 3.72. The van der Waals surface area contributed by atoms with E-state index in [9.17, 15) is 18.5 Å². The third-order valence-corrected chi connectivity index (χ3v) is 4.80. The molecule has 1 aromatic heterocycles. The molecule has 122 valence electrons. The maximum Gasteiger partial charge on any atom is 0.297 e. The second-order valence-corrected chi connectivity index (χ2v) is 6.79. The number of benzene rings is 2. The number of aryl methyl sites for hydroxylation is 1. The van der Waals surface area contributed by atoms with Crippen LogP contribution in [-0.4, -0.2) is 18.3 Å². The van der Waals surface area contributed by atoms with E-state index in [0.29, 0.717) is 11.1 Å². The van der Waals surface area contributed by atoms with Gasteiger partial charge in [-0.3, -0.25) is 15.1 Å². The van der Waals surface area contributed by atoms with Gasteiger partial charge in [-0.1, -0.05) is 30.3 Å². The highest BCUT2D eigenvalue weighted by atomic mass is 32.2. The second-order valence-electron chi connectivity index (χ2n) is 5.29. The van der Waals surface area contributed by atoms with Crippen LogP contribution < -0.4 is 5.14 Å². The Labute approximate surface area is 138 Å². The van der Waals surface area contributed by atoms with Gasteiger partial charge in [0.2, 0.25) is 10.0 Å². The number of para-hydroxylation sites is 1. The first-order valence-electron chi connectivity index (χ1n) is 6.95. The number of aromatic nitrogens is 1. The Morgan fingerprint density at radius 3 is 2.46 bits per heavy atom. The van der Waals surface area contributed by atoms with Crippen LogP contribution in [0.5, 0.6) is 0 Å². The first-order chi connectivity index (χ1) is 11.3. The fourth-order valence-electron chi connectivity index (χ4n) is 2.75. The Bertz CT molecular complexity index is 1070. The minimum absolute atomic E-state index is 0.166.